The van der Waals surface area contributed by atoms with E-state index in [9.17, 15) is 0 Å². The van der Waals surface area contributed by atoms with Crippen LogP contribution in [0, 0.1) is 0 Å². The van der Waals surface area contributed by atoms with E-state index < -0.39 is 0 Å². The van der Waals surface area contributed by atoms with Crippen LogP contribution < -0.4 is 5.32 Å². The van der Waals surface area contributed by atoms with Gasteiger partial charge in [-0.25, -0.2) is 0 Å². The summed E-state index contributed by atoms with van der Waals surface area (Å²) >= 11 is 0. The van der Waals surface area contributed by atoms with Gasteiger partial charge in [0, 0.05) is 0 Å². The average molecular weight is 268 g/mol. The molecule has 0 aliphatic carbocycles. The van der Waals surface area contributed by atoms with Crippen LogP contribution in [0.2, 0.25) is 0 Å². The van der Waals surface area contributed by atoms with Crippen LogP contribution >= 0.6 is 38.3 Å². The summed E-state index contributed by atoms with van der Waals surface area (Å²) in [5, 5.41) is 3.38. The Kier molecular flexibility index (Phi) is 10.9. The van der Waals surface area contributed by atoms with Gasteiger partial charge in [-0.05, 0) is 37.4 Å². The quantitative estimate of drug-likeness (QED) is 0.825. The van der Waals surface area contributed by atoms with E-state index in [0.717, 1.165) is 5.92 Å². The van der Waals surface area contributed by atoms with Crippen LogP contribution in [-0.4, -0.2) is 13.1 Å². The standard InChI is InChI=1S/C11H15N.2ClH.H2S/c1-2-4-10(5-3-1)11-6-8-12-9-7-11;;;/h1-5,11-12H,6-9H2;2*1H;1H2. The van der Waals surface area contributed by atoms with Gasteiger partial charge in [0.1, 0.15) is 0 Å². The molecule has 0 saturated carbocycles. The fraction of sp³-hybridized carbons (Fsp3) is 0.455. The number of piperidine rings is 1. The van der Waals surface area contributed by atoms with Crippen molar-refractivity contribution in [1.82, 2.24) is 5.32 Å². The van der Waals surface area contributed by atoms with E-state index in [1.807, 2.05) is 0 Å². The third kappa shape index (κ3) is 5.12. The van der Waals surface area contributed by atoms with Crippen molar-refractivity contribution in [2.24, 2.45) is 0 Å². The van der Waals surface area contributed by atoms with Gasteiger partial charge in [-0.1, -0.05) is 30.3 Å². The second-order valence-electron chi connectivity index (χ2n) is 3.43. The lowest BCUT2D eigenvalue weighted by Crippen LogP contribution is -2.26. The molecule has 1 nitrogen and oxygen atoms in total. The van der Waals surface area contributed by atoms with E-state index >= 15 is 0 Å². The zero-order chi connectivity index (χ0) is 8.23. The predicted molar refractivity (Wildman–Crippen MR) is 76.2 cm³/mol. The summed E-state index contributed by atoms with van der Waals surface area (Å²) in [5.74, 6) is 0.799. The molecule has 0 spiro atoms. The van der Waals surface area contributed by atoms with Crippen molar-refractivity contribution in [3.8, 4) is 0 Å². The molecule has 1 saturated heterocycles. The lowest BCUT2D eigenvalue weighted by atomic mass is 9.90. The first-order valence-electron chi connectivity index (χ1n) is 4.72. The molecular formula is C11H19Cl2NS. The number of rotatable bonds is 1. The molecule has 0 atom stereocenters. The molecule has 1 fully saturated rings. The highest BCUT2D eigenvalue weighted by atomic mass is 35.5. The molecule has 0 unspecified atom stereocenters. The van der Waals surface area contributed by atoms with Gasteiger partial charge in [-0.2, -0.15) is 13.5 Å². The summed E-state index contributed by atoms with van der Waals surface area (Å²) in [5.41, 5.74) is 1.51. The minimum absolute atomic E-state index is 0. The van der Waals surface area contributed by atoms with Crippen molar-refractivity contribution < 1.29 is 0 Å². The number of hydrogen-bond donors (Lipinski definition) is 1. The SMILES string of the molecule is Cl.Cl.S.c1ccc(C2CCNCC2)cc1. The van der Waals surface area contributed by atoms with Gasteiger partial charge in [0.05, 0.1) is 0 Å². The van der Waals surface area contributed by atoms with Crippen LogP contribution in [0.4, 0.5) is 0 Å². The Hall–Kier alpha value is 0.110. The van der Waals surface area contributed by atoms with E-state index in [-0.39, 0.29) is 38.3 Å². The van der Waals surface area contributed by atoms with Crippen LogP contribution in [0.3, 0.4) is 0 Å². The third-order valence-electron chi connectivity index (χ3n) is 2.61. The summed E-state index contributed by atoms with van der Waals surface area (Å²) in [6, 6.07) is 10.9. The minimum atomic E-state index is 0. The molecule has 2 rings (SSSR count). The minimum Gasteiger partial charge on any atom is -0.317 e. The summed E-state index contributed by atoms with van der Waals surface area (Å²) in [7, 11) is 0. The summed E-state index contributed by atoms with van der Waals surface area (Å²) in [6.45, 7) is 2.36. The molecule has 1 heterocycles. The van der Waals surface area contributed by atoms with Gasteiger partial charge in [-0.3, -0.25) is 0 Å². The maximum atomic E-state index is 3.38. The van der Waals surface area contributed by atoms with E-state index in [1.165, 1.54) is 31.5 Å². The van der Waals surface area contributed by atoms with E-state index in [0.29, 0.717) is 0 Å². The predicted octanol–water partition coefficient (Wildman–Crippen LogP) is 3.11. The fourth-order valence-electron chi connectivity index (χ4n) is 1.88. The Morgan fingerprint density at radius 2 is 1.47 bits per heavy atom. The lowest BCUT2D eigenvalue weighted by molar-refractivity contribution is 0.460. The van der Waals surface area contributed by atoms with Gasteiger partial charge in [0.15, 0.2) is 0 Å². The van der Waals surface area contributed by atoms with Crippen LogP contribution in [0.1, 0.15) is 24.3 Å². The molecule has 0 amide bonds. The maximum Gasteiger partial charge on any atom is -0.00431 e. The highest BCUT2D eigenvalue weighted by Gasteiger charge is 2.13. The zero-order valence-electron chi connectivity index (χ0n) is 8.61. The Morgan fingerprint density at radius 1 is 0.933 bits per heavy atom. The molecular weight excluding hydrogens is 249 g/mol. The summed E-state index contributed by atoms with van der Waals surface area (Å²) < 4.78 is 0. The molecule has 1 aromatic rings. The third-order valence-corrected chi connectivity index (χ3v) is 2.61. The highest BCUT2D eigenvalue weighted by Crippen LogP contribution is 2.24. The summed E-state index contributed by atoms with van der Waals surface area (Å²) in [6.07, 6.45) is 2.59. The van der Waals surface area contributed by atoms with Crippen LogP contribution in [0.25, 0.3) is 0 Å². The van der Waals surface area contributed by atoms with Crippen molar-refractivity contribution in [2.45, 2.75) is 18.8 Å². The number of hydrogen-bond acceptors (Lipinski definition) is 1. The molecule has 1 aromatic carbocycles. The van der Waals surface area contributed by atoms with Crippen LogP contribution in [0.15, 0.2) is 30.3 Å². The molecule has 0 bridgehead atoms. The van der Waals surface area contributed by atoms with Gasteiger partial charge in [-0.15, -0.1) is 24.8 Å². The Morgan fingerprint density at radius 3 is 2.00 bits per heavy atom. The maximum absolute atomic E-state index is 3.38. The molecule has 1 N–H and O–H groups in total. The van der Waals surface area contributed by atoms with E-state index in [4.69, 9.17) is 0 Å². The first kappa shape index (κ1) is 17.5. The van der Waals surface area contributed by atoms with Crippen LogP contribution in [0.5, 0.6) is 0 Å². The summed E-state index contributed by atoms with van der Waals surface area (Å²) in [4.78, 5) is 0. The van der Waals surface area contributed by atoms with Gasteiger partial charge in [0.25, 0.3) is 0 Å². The van der Waals surface area contributed by atoms with Crippen molar-refractivity contribution >= 4 is 38.3 Å². The Bertz CT molecular complexity index is 238. The van der Waals surface area contributed by atoms with E-state index in [2.05, 4.69) is 35.6 Å². The van der Waals surface area contributed by atoms with Crippen molar-refractivity contribution in [3.63, 3.8) is 0 Å². The molecule has 1 aliphatic rings. The van der Waals surface area contributed by atoms with Crippen molar-refractivity contribution in [3.05, 3.63) is 35.9 Å². The monoisotopic (exact) mass is 267 g/mol. The molecule has 88 valence electrons. The molecule has 1 aliphatic heterocycles. The Balaban J connectivity index is 0. The molecule has 4 heteroatoms. The second-order valence-corrected chi connectivity index (χ2v) is 3.43. The van der Waals surface area contributed by atoms with E-state index in [1.54, 1.807) is 0 Å². The fourth-order valence-corrected chi connectivity index (χ4v) is 1.88. The normalized spacial score (nSPS) is 15.5. The van der Waals surface area contributed by atoms with Gasteiger partial charge in [0.2, 0.25) is 0 Å². The van der Waals surface area contributed by atoms with Crippen molar-refractivity contribution in [2.75, 3.05) is 13.1 Å². The Labute approximate surface area is 111 Å². The number of benzene rings is 1. The second kappa shape index (κ2) is 9.34. The molecule has 15 heavy (non-hydrogen) atoms. The zero-order valence-corrected chi connectivity index (χ0v) is 11.2. The topological polar surface area (TPSA) is 12.0 Å². The first-order valence-corrected chi connectivity index (χ1v) is 4.72. The number of nitrogens with one attached hydrogen (secondary N) is 1. The first-order chi connectivity index (χ1) is 5.97. The average Bonchev–Trinajstić information content (AvgIpc) is 2.21. The molecule has 0 radical (unpaired) electrons. The van der Waals surface area contributed by atoms with Gasteiger partial charge >= 0.3 is 0 Å². The van der Waals surface area contributed by atoms with Crippen molar-refractivity contribution in [1.29, 1.82) is 0 Å². The van der Waals surface area contributed by atoms with Crippen LogP contribution in [-0.2, 0) is 0 Å². The lowest BCUT2D eigenvalue weighted by Gasteiger charge is -2.22. The molecule has 0 aromatic heterocycles. The smallest absolute Gasteiger partial charge is 0.00431 e. The largest absolute Gasteiger partial charge is 0.317 e. The van der Waals surface area contributed by atoms with Gasteiger partial charge < -0.3 is 5.32 Å². The number of halogens is 2. The highest BCUT2D eigenvalue weighted by molar-refractivity contribution is 7.59.